The molecular weight excluding hydrogens is 162 g/mol. The van der Waals surface area contributed by atoms with Crippen molar-refractivity contribution in [2.24, 2.45) is 11.1 Å². The lowest BCUT2D eigenvalue weighted by Crippen LogP contribution is -2.28. The molecule has 3 rings (SSSR count). The topological polar surface area (TPSA) is 54.7 Å². The molecule has 1 aromatic rings. The third-order valence-electron chi connectivity index (χ3n) is 3.86. The zero-order valence-electron chi connectivity index (χ0n) is 7.71. The van der Waals surface area contributed by atoms with Crippen LogP contribution in [0, 0.1) is 5.41 Å². The van der Waals surface area contributed by atoms with Crippen LogP contribution >= 0.6 is 0 Å². The van der Waals surface area contributed by atoms with Crippen LogP contribution in [0.4, 0.5) is 0 Å². The van der Waals surface area contributed by atoms with Crippen LogP contribution < -0.4 is 5.73 Å². The van der Waals surface area contributed by atoms with Crippen molar-refractivity contribution in [1.29, 1.82) is 0 Å². The summed E-state index contributed by atoms with van der Waals surface area (Å²) >= 11 is 0. The van der Waals surface area contributed by atoms with Crippen LogP contribution in [0.5, 0.6) is 0 Å². The Kier molecular flexibility index (Phi) is 1.37. The first-order chi connectivity index (χ1) is 6.36. The van der Waals surface area contributed by atoms with Crippen LogP contribution in [0.2, 0.25) is 0 Å². The number of nitrogens with one attached hydrogen (secondary N) is 1. The average molecular weight is 177 g/mol. The third-order valence-corrected chi connectivity index (χ3v) is 3.86. The number of nitrogens with zero attached hydrogens (tertiary/aromatic N) is 1. The lowest BCUT2D eigenvalue weighted by molar-refractivity contribution is 0.346. The van der Waals surface area contributed by atoms with Gasteiger partial charge in [0.15, 0.2) is 0 Å². The van der Waals surface area contributed by atoms with Gasteiger partial charge in [-0.3, -0.25) is 5.10 Å². The summed E-state index contributed by atoms with van der Waals surface area (Å²) in [4.78, 5) is 0. The van der Waals surface area contributed by atoms with E-state index in [1.807, 2.05) is 6.20 Å². The molecule has 2 aliphatic carbocycles. The van der Waals surface area contributed by atoms with Gasteiger partial charge in [-0.1, -0.05) is 0 Å². The van der Waals surface area contributed by atoms with Gasteiger partial charge in [0, 0.05) is 18.2 Å². The number of fused-ring (bicyclic) bond motifs is 1. The number of nitrogens with two attached hydrogens (primary N) is 1. The average Bonchev–Trinajstić information content (AvgIpc) is 2.76. The summed E-state index contributed by atoms with van der Waals surface area (Å²) in [5.41, 5.74) is 9.13. The van der Waals surface area contributed by atoms with Crippen molar-refractivity contribution in [3.8, 4) is 0 Å². The van der Waals surface area contributed by atoms with E-state index < -0.39 is 0 Å². The van der Waals surface area contributed by atoms with E-state index in [1.165, 1.54) is 36.9 Å². The quantitative estimate of drug-likeness (QED) is 0.676. The number of aromatic nitrogens is 2. The van der Waals surface area contributed by atoms with Crippen LogP contribution in [-0.4, -0.2) is 16.7 Å². The summed E-state index contributed by atoms with van der Waals surface area (Å²) in [7, 11) is 0. The molecule has 1 heterocycles. The summed E-state index contributed by atoms with van der Waals surface area (Å²) in [5.74, 6) is 0.554. The number of hydrogen-bond donors (Lipinski definition) is 2. The summed E-state index contributed by atoms with van der Waals surface area (Å²) in [5, 5.41) is 7.24. The largest absolute Gasteiger partial charge is 0.330 e. The van der Waals surface area contributed by atoms with E-state index in [2.05, 4.69) is 10.2 Å². The minimum absolute atomic E-state index is 0.554. The van der Waals surface area contributed by atoms with Gasteiger partial charge in [0.05, 0.1) is 6.20 Å². The van der Waals surface area contributed by atoms with Gasteiger partial charge in [-0.2, -0.15) is 5.10 Å². The van der Waals surface area contributed by atoms with Crippen molar-refractivity contribution in [3.05, 3.63) is 17.5 Å². The molecule has 0 aliphatic heterocycles. The van der Waals surface area contributed by atoms with Gasteiger partial charge in [0.1, 0.15) is 0 Å². The first kappa shape index (κ1) is 7.56. The van der Waals surface area contributed by atoms with Crippen molar-refractivity contribution >= 4 is 0 Å². The maximum Gasteiger partial charge on any atom is 0.0522 e. The Morgan fingerprint density at radius 2 is 2.38 bits per heavy atom. The van der Waals surface area contributed by atoms with E-state index in [0.29, 0.717) is 11.3 Å². The molecule has 13 heavy (non-hydrogen) atoms. The fourth-order valence-electron chi connectivity index (χ4n) is 2.81. The first-order valence-electron chi connectivity index (χ1n) is 5.08. The fraction of sp³-hybridized carbons (Fsp3) is 0.700. The summed E-state index contributed by atoms with van der Waals surface area (Å²) < 4.78 is 0. The minimum Gasteiger partial charge on any atom is -0.330 e. The Morgan fingerprint density at radius 1 is 1.54 bits per heavy atom. The standard InChI is InChI=1S/C10H15N3/c11-5-8-9-7(6-12-13-9)1-2-10(8)3-4-10/h6,8H,1-5,11H2,(H,12,13). The monoisotopic (exact) mass is 177 g/mol. The van der Waals surface area contributed by atoms with E-state index >= 15 is 0 Å². The SMILES string of the molecule is NCC1c2[nH]ncc2CCC12CC2. The number of hydrogen-bond acceptors (Lipinski definition) is 2. The molecule has 3 heteroatoms. The number of aryl methyl sites for hydroxylation is 1. The van der Waals surface area contributed by atoms with Crippen molar-refractivity contribution in [2.75, 3.05) is 6.54 Å². The van der Waals surface area contributed by atoms with Crippen molar-refractivity contribution in [1.82, 2.24) is 10.2 Å². The Labute approximate surface area is 77.7 Å². The van der Waals surface area contributed by atoms with Crippen LogP contribution in [0.1, 0.15) is 36.4 Å². The minimum atomic E-state index is 0.554. The first-order valence-corrected chi connectivity index (χ1v) is 5.08. The van der Waals surface area contributed by atoms with E-state index in [-0.39, 0.29) is 0 Å². The lowest BCUT2D eigenvalue weighted by atomic mass is 9.76. The zero-order chi connectivity index (χ0) is 8.89. The highest BCUT2D eigenvalue weighted by atomic mass is 15.1. The van der Waals surface area contributed by atoms with E-state index in [9.17, 15) is 0 Å². The second-order valence-electron chi connectivity index (χ2n) is 4.46. The Morgan fingerprint density at radius 3 is 3.08 bits per heavy atom. The van der Waals surface area contributed by atoms with Crippen molar-refractivity contribution in [2.45, 2.75) is 31.6 Å². The molecule has 70 valence electrons. The molecule has 0 bridgehead atoms. The van der Waals surface area contributed by atoms with E-state index in [0.717, 1.165) is 6.54 Å². The van der Waals surface area contributed by atoms with E-state index in [4.69, 9.17) is 5.73 Å². The van der Waals surface area contributed by atoms with Gasteiger partial charge in [-0.15, -0.1) is 0 Å². The van der Waals surface area contributed by atoms with Crippen molar-refractivity contribution < 1.29 is 0 Å². The van der Waals surface area contributed by atoms with Gasteiger partial charge < -0.3 is 5.73 Å². The third kappa shape index (κ3) is 0.908. The fourth-order valence-corrected chi connectivity index (χ4v) is 2.81. The highest BCUT2D eigenvalue weighted by molar-refractivity contribution is 5.30. The Hall–Kier alpha value is -0.830. The highest BCUT2D eigenvalue weighted by Crippen LogP contribution is 2.60. The summed E-state index contributed by atoms with van der Waals surface area (Å²) in [6.07, 6.45) is 7.22. The zero-order valence-corrected chi connectivity index (χ0v) is 7.71. The maximum atomic E-state index is 5.85. The molecule has 1 spiro atoms. The van der Waals surface area contributed by atoms with Crippen LogP contribution in [-0.2, 0) is 6.42 Å². The summed E-state index contributed by atoms with van der Waals surface area (Å²) in [6.45, 7) is 0.773. The molecule has 1 fully saturated rings. The maximum absolute atomic E-state index is 5.85. The second-order valence-corrected chi connectivity index (χ2v) is 4.46. The molecule has 0 saturated heterocycles. The van der Waals surface area contributed by atoms with Gasteiger partial charge in [0.25, 0.3) is 0 Å². The van der Waals surface area contributed by atoms with Crippen LogP contribution in [0.15, 0.2) is 6.20 Å². The van der Waals surface area contributed by atoms with Gasteiger partial charge in [-0.05, 0) is 36.7 Å². The molecule has 1 atom stereocenters. The van der Waals surface area contributed by atoms with E-state index in [1.54, 1.807) is 0 Å². The molecule has 0 radical (unpaired) electrons. The molecule has 1 saturated carbocycles. The van der Waals surface area contributed by atoms with Gasteiger partial charge >= 0.3 is 0 Å². The normalized spacial score (nSPS) is 28.8. The Bertz CT molecular complexity index is 325. The molecular formula is C10H15N3. The highest BCUT2D eigenvalue weighted by Gasteiger charge is 2.51. The summed E-state index contributed by atoms with van der Waals surface area (Å²) in [6, 6.07) is 0. The molecule has 0 aromatic carbocycles. The van der Waals surface area contributed by atoms with Gasteiger partial charge in [-0.25, -0.2) is 0 Å². The molecule has 3 nitrogen and oxygen atoms in total. The number of rotatable bonds is 1. The number of aromatic amines is 1. The molecule has 1 unspecified atom stereocenters. The van der Waals surface area contributed by atoms with Crippen LogP contribution in [0.3, 0.4) is 0 Å². The smallest absolute Gasteiger partial charge is 0.0522 e. The van der Waals surface area contributed by atoms with Crippen LogP contribution in [0.25, 0.3) is 0 Å². The molecule has 0 amide bonds. The number of H-pyrrole nitrogens is 1. The van der Waals surface area contributed by atoms with Gasteiger partial charge in [0.2, 0.25) is 0 Å². The molecule has 2 aliphatic rings. The van der Waals surface area contributed by atoms with Crippen molar-refractivity contribution in [3.63, 3.8) is 0 Å². The second kappa shape index (κ2) is 2.35. The predicted octanol–water partition coefficient (Wildman–Crippen LogP) is 1.18. The molecule has 3 N–H and O–H groups in total. The molecule has 1 aromatic heterocycles. The lowest BCUT2D eigenvalue weighted by Gasteiger charge is -2.30. The predicted molar refractivity (Wildman–Crippen MR) is 50.4 cm³/mol. The Balaban J connectivity index is 2.04.